The lowest BCUT2D eigenvalue weighted by atomic mass is 9.96. The lowest BCUT2D eigenvalue weighted by Crippen LogP contribution is -2.34. The second-order valence-corrected chi connectivity index (χ2v) is 3.71. The van der Waals surface area contributed by atoms with E-state index >= 15 is 0 Å². The molecule has 0 saturated carbocycles. The largest absolute Gasteiger partial charge is 0.481 e. The molecule has 1 aromatic carbocycles. The number of primary amides is 1. The van der Waals surface area contributed by atoms with Crippen LogP contribution in [0.1, 0.15) is 17.2 Å². The van der Waals surface area contributed by atoms with Gasteiger partial charge in [0, 0.05) is 0 Å². The summed E-state index contributed by atoms with van der Waals surface area (Å²) in [6.45, 7) is 0. The number of aliphatic carboxylic acids is 1. The average Bonchev–Trinajstić information content (AvgIpc) is 2.26. The molecule has 1 rings (SSSR count). The Labute approximate surface area is 101 Å². The van der Waals surface area contributed by atoms with E-state index in [9.17, 15) is 24.2 Å². The van der Waals surface area contributed by atoms with Crippen LogP contribution in [0, 0.1) is 5.82 Å². The van der Waals surface area contributed by atoms with E-state index in [0.29, 0.717) is 0 Å². The van der Waals surface area contributed by atoms with Gasteiger partial charge in [0.05, 0.1) is 6.42 Å². The normalized spacial score (nSPS) is 13.9. The highest BCUT2D eigenvalue weighted by atomic mass is 19.1. The zero-order valence-electron chi connectivity index (χ0n) is 9.21. The summed E-state index contributed by atoms with van der Waals surface area (Å²) in [4.78, 5) is 21.3. The predicted octanol–water partition coefficient (Wildman–Crippen LogP) is -0.668. The molecule has 0 aliphatic rings. The zero-order valence-corrected chi connectivity index (χ0v) is 9.21. The number of carbonyl (C=O) groups excluding carboxylic acids is 1. The molecule has 98 valence electrons. The summed E-state index contributed by atoms with van der Waals surface area (Å²) in [5.74, 6) is -3.08. The molecular formula is C11H12FNO5. The van der Waals surface area contributed by atoms with Crippen molar-refractivity contribution in [1.29, 1.82) is 0 Å². The quantitative estimate of drug-likeness (QED) is 0.557. The zero-order chi connectivity index (χ0) is 13.9. The van der Waals surface area contributed by atoms with Gasteiger partial charge in [-0.25, -0.2) is 4.39 Å². The first kappa shape index (κ1) is 14.1. The monoisotopic (exact) mass is 257 g/mol. The van der Waals surface area contributed by atoms with Gasteiger partial charge >= 0.3 is 5.97 Å². The SMILES string of the molecule is NC(=O)C(O)C(O)c1ccc(F)cc1CC(=O)O. The molecule has 0 bridgehead atoms. The fourth-order valence-electron chi connectivity index (χ4n) is 1.50. The fraction of sp³-hybridized carbons (Fsp3) is 0.273. The fourth-order valence-corrected chi connectivity index (χ4v) is 1.50. The van der Waals surface area contributed by atoms with Crippen LogP contribution in [0.2, 0.25) is 0 Å². The molecule has 0 radical (unpaired) electrons. The Morgan fingerprint density at radius 2 is 1.94 bits per heavy atom. The Morgan fingerprint density at radius 1 is 1.33 bits per heavy atom. The molecule has 1 aromatic rings. The van der Waals surface area contributed by atoms with E-state index in [1.807, 2.05) is 0 Å². The Balaban J connectivity index is 3.14. The molecule has 1 amide bonds. The third-order valence-electron chi connectivity index (χ3n) is 2.36. The van der Waals surface area contributed by atoms with Crippen molar-refractivity contribution in [3.63, 3.8) is 0 Å². The number of aliphatic hydroxyl groups excluding tert-OH is 2. The Kier molecular flexibility index (Phi) is 4.35. The van der Waals surface area contributed by atoms with Gasteiger partial charge < -0.3 is 21.1 Å². The smallest absolute Gasteiger partial charge is 0.307 e. The standard InChI is InChI=1S/C11H12FNO5/c12-6-1-2-7(5(3-6)4-8(14)15)9(16)10(17)11(13)18/h1-3,9-10,16-17H,4H2,(H2,13,18)(H,14,15). The van der Waals surface area contributed by atoms with Gasteiger partial charge in [0.25, 0.3) is 0 Å². The average molecular weight is 257 g/mol. The van der Waals surface area contributed by atoms with Crippen molar-refractivity contribution in [3.05, 3.63) is 35.1 Å². The van der Waals surface area contributed by atoms with E-state index in [0.717, 1.165) is 18.2 Å². The number of carboxylic acids is 1. The summed E-state index contributed by atoms with van der Waals surface area (Å²) < 4.78 is 13.0. The van der Waals surface area contributed by atoms with E-state index in [1.54, 1.807) is 0 Å². The molecule has 6 nitrogen and oxygen atoms in total. The number of hydrogen-bond acceptors (Lipinski definition) is 4. The van der Waals surface area contributed by atoms with Crippen LogP contribution in [0.4, 0.5) is 4.39 Å². The summed E-state index contributed by atoms with van der Waals surface area (Å²) in [6, 6.07) is 3.00. The first-order valence-corrected chi connectivity index (χ1v) is 4.98. The molecule has 0 saturated heterocycles. The van der Waals surface area contributed by atoms with E-state index in [2.05, 4.69) is 0 Å². The van der Waals surface area contributed by atoms with E-state index in [4.69, 9.17) is 10.8 Å². The second kappa shape index (κ2) is 5.56. The second-order valence-electron chi connectivity index (χ2n) is 3.71. The molecular weight excluding hydrogens is 245 g/mol. The minimum absolute atomic E-state index is 0.0321. The number of rotatable bonds is 5. The van der Waals surface area contributed by atoms with Gasteiger partial charge in [0.2, 0.25) is 5.91 Å². The van der Waals surface area contributed by atoms with Crippen molar-refractivity contribution < 1.29 is 29.3 Å². The molecule has 0 fully saturated rings. The molecule has 5 N–H and O–H groups in total. The summed E-state index contributed by atoms with van der Waals surface area (Å²) >= 11 is 0. The maximum Gasteiger partial charge on any atom is 0.307 e. The van der Waals surface area contributed by atoms with Gasteiger partial charge in [-0.05, 0) is 23.3 Å². The topological polar surface area (TPSA) is 121 Å². The lowest BCUT2D eigenvalue weighted by Gasteiger charge is -2.18. The van der Waals surface area contributed by atoms with Gasteiger partial charge in [0.1, 0.15) is 11.9 Å². The Morgan fingerprint density at radius 3 is 2.44 bits per heavy atom. The number of halogens is 1. The number of carbonyl (C=O) groups is 2. The van der Waals surface area contributed by atoms with Crippen LogP contribution in [-0.4, -0.2) is 33.3 Å². The van der Waals surface area contributed by atoms with E-state index in [1.165, 1.54) is 0 Å². The van der Waals surface area contributed by atoms with Crippen LogP contribution in [0.15, 0.2) is 18.2 Å². The molecule has 18 heavy (non-hydrogen) atoms. The van der Waals surface area contributed by atoms with Crippen LogP contribution < -0.4 is 5.73 Å². The van der Waals surface area contributed by atoms with Gasteiger partial charge in [-0.2, -0.15) is 0 Å². The third kappa shape index (κ3) is 3.25. The van der Waals surface area contributed by atoms with E-state index in [-0.39, 0.29) is 11.1 Å². The van der Waals surface area contributed by atoms with Gasteiger partial charge in [-0.3, -0.25) is 9.59 Å². The molecule has 0 spiro atoms. The van der Waals surface area contributed by atoms with Crippen LogP contribution >= 0.6 is 0 Å². The van der Waals surface area contributed by atoms with Crippen molar-refractivity contribution in [1.82, 2.24) is 0 Å². The van der Waals surface area contributed by atoms with Gasteiger partial charge in [-0.15, -0.1) is 0 Å². The Hall–Kier alpha value is -1.99. The molecule has 0 aliphatic heterocycles. The molecule has 7 heteroatoms. The molecule has 0 aliphatic carbocycles. The molecule has 2 unspecified atom stereocenters. The number of nitrogens with two attached hydrogens (primary N) is 1. The Bertz CT molecular complexity index is 477. The number of carboxylic acid groups (broad SMARTS) is 1. The summed E-state index contributed by atoms with van der Waals surface area (Å²) in [6.07, 6.45) is -4.13. The van der Waals surface area contributed by atoms with Crippen molar-refractivity contribution in [2.75, 3.05) is 0 Å². The lowest BCUT2D eigenvalue weighted by molar-refractivity contribution is -0.136. The highest BCUT2D eigenvalue weighted by Crippen LogP contribution is 2.22. The van der Waals surface area contributed by atoms with Crippen LogP contribution in [0.25, 0.3) is 0 Å². The minimum atomic E-state index is -1.89. The van der Waals surface area contributed by atoms with Crippen molar-refractivity contribution >= 4 is 11.9 Å². The summed E-state index contributed by atoms with van der Waals surface area (Å²) in [7, 11) is 0. The van der Waals surface area contributed by atoms with Crippen molar-refractivity contribution in [2.24, 2.45) is 5.73 Å². The van der Waals surface area contributed by atoms with Gasteiger partial charge in [-0.1, -0.05) is 6.07 Å². The number of benzene rings is 1. The highest BCUT2D eigenvalue weighted by Gasteiger charge is 2.26. The maximum atomic E-state index is 13.0. The van der Waals surface area contributed by atoms with Crippen LogP contribution in [-0.2, 0) is 16.0 Å². The molecule has 2 atom stereocenters. The first-order chi connectivity index (χ1) is 8.32. The maximum absolute atomic E-state index is 13.0. The summed E-state index contributed by atoms with van der Waals surface area (Å²) in [5.41, 5.74) is 4.73. The molecule has 0 heterocycles. The van der Waals surface area contributed by atoms with Gasteiger partial charge in [0.15, 0.2) is 6.10 Å². The third-order valence-corrected chi connectivity index (χ3v) is 2.36. The van der Waals surface area contributed by atoms with Crippen LogP contribution in [0.5, 0.6) is 0 Å². The number of aliphatic hydroxyl groups is 2. The summed E-state index contributed by atoms with van der Waals surface area (Å²) in [5, 5.41) is 27.6. The van der Waals surface area contributed by atoms with Crippen molar-refractivity contribution in [3.8, 4) is 0 Å². The molecule has 0 aromatic heterocycles. The first-order valence-electron chi connectivity index (χ1n) is 4.98. The van der Waals surface area contributed by atoms with Crippen molar-refractivity contribution in [2.45, 2.75) is 18.6 Å². The van der Waals surface area contributed by atoms with Crippen LogP contribution in [0.3, 0.4) is 0 Å². The number of amides is 1. The highest BCUT2D eigenvalue weighted by molar-refractivity contribution is 5.79. The number of hydrogen-bond donors (Lipinski definition) is 4. The predicted molar refractivity (Wildman–Crippen MR) is 57.9 cm³/mol. The minimum Gasteiger partial charge on any atom is -0.481 e. The van der Waals surface area contributed by atoms with E-state index < -0.39 is 36.3 Å².